The van der Waals surface area contributed by atoms with Crippen LogP contribution in [0.1, 0.15) is 6.92 Å². The second kappa shape index (κ2) is 5.29. The summed E-state index contributed by atoms with van der Waals surface area (Å²) in [5, 5.41) is 0. The Morgan fingerprint density at radius 3 is 2.67 bits per heavy atom. The standard InChI is InChI=1S/C8H13N/c1-4-8(2)6-5-7-9-3/h4-8H,1H2,2-3H3/b6-5-,9-7?. The first-order valence-electron chi connectivity index (χ1n) is 3.02. The van der Waals surface area contributed by atoms with Gasteiger partial charge in [-0.1, -0.05) is 19.1 Å². The highest BCUT2D eigenvalue weighted by atomic mass is 14.6. The molecular weight excluding hydrogens is 110 g/mol. The summed E-state index contributed by atoms with van der Waals surface area (Å²) in [6.07, 6.45) is 7.62. The minimum atomic E-state index is 0.447. The quantitative estimate of drug-likeness (QED) is 0.402. The summed E-state index contributed by atoms with van der Waals surface area (Å²) in [5.74, 6) is 0.447. The van der Waals surface area contributed by atoms with E-state index in [-0.39, 0.29) is 0 Å². The van der Waals surface area contributed by atoms with Gasteiger partial charge in [-0.15, -0.1) is 6.58 Å². The van der Waals surface area contributed by atoms with Crippen LogP contribution in [-0.2, 0) is 0 Å². The minimum absolute atomic E-state index is 0.447. The van der Waals surface area contributed by atoms with Crippen LogP contribution < -0.4 is 0 Å². The van der Waals surface area contributed by atoms with Crippen molar-refractivity contribution < 1.29 is 0 Å². The second-order valence-corrected chi connectivity index (χ2v) is 1.89. The number of allylic oxidation sites excluding steroid dienone is 3. The van der Waals surface area contributed by atoms with Crippen molar-refractivity contribution in [3.63, 3.8) is 0 Å². The van der Waals surface area contributed by atoms with Crippen LogP contribution in [0.4, 0.5) is 0 Å². The highest BCUT2D eigenvalue weighted by Crippen LogP contribution is 1.95. The van der Waals surface area contributed by atoms with Gasteiger partial charge in [-0.3, -0.25) is 4.99 Å². The first-order chi connectivity index (χ1) is 4.31. The molecule has 0 saturated carbocycles. The molecular formula is C8H13N. The molecule has 1 nitrogen and oxygen atoms in total. The Bertz CT molecular complexity index is 123. The first-order valence-corrected chi connectivity index (χ1v) is 3.02. The molecule has 1 heteroatoms. The Morgan fingerprint density at radius 2 is 2.22 bits per heavy atom. The van der Waals surface area contributed by atoms with Crippen molar-refractivity contribution in [3.05, 3.63) is 24.8 Å². The lowest BCUT2D eigenvalue weighted by Crippen LogP contribution is -1.79. The predicted octanol–water partition coefficient (Wildman–Crippen LogP) is 2.07. The van der Waals surface area contributed by atoms with E-state index in [2.05, 4.69) is 18.5 Å². The van der Waals surface area contributed by atoms with Crippen LogP contribution >= 0.6 is 0 Å². The van der Waals surface area contributed by atoms with Gasteiger partial charge in [-0.2, -0.15) is 0 Å². The maximum atomic E-state index is 3.80. The monoisotopic (exact) mass is 123 g/mol. The van der Waals surface area contributed by atoms with Crippen LogP contribution in [-0.4, -0.2) is 13.3 Å². The van der Waals surface area contributed by atoms with Gasteiger partial charge in [-0.25, -0.2) is 0 Å². The van der Waals surface area contributed by atoms with E-state index >= 15 is 0 Å². The van der Waals surface area contributed by atoms with Crippen LogP contribution in [0.2, 0.25) is 0 Å². The van der Waals surface area contributed by atoms with E-state index in [4.69, 9.17) is 0 Å². The van der Waals surface area contributed by atoms with Crippen molar-refractivity contribution in [1.82, 2.24) is 0 Å². The van der Waals surface area contributed by atoms with Crippen molar-refractivity contribution in [2.24, 2.45) is 10.9 Å². The topological polar surface area (TPSA) is 12.4 Å². The molecule has 0 N–H and O–H groups in total. The molecule has 9 heavy (non-hydrogen) atoms. The molecule has 0 heterocycles. The van der Waals surface area contributed by atoms with E-state index in [1.165, 1.54) is 0 Å². The molecule has 0 saturated heterocycles. The smallest absolute Gasteiger partial charge is 0.0277 e. The molecule has 50 valence electrons. The summed E-state index contributed by atoms with van der Waals surface area (Å²) in [5.41, 5.74) is 0. The lowest BCUT2D eigenvalue weighted by atomic mass is 10.2. The third-order valence-electron chi connectivity index (χ3n) is 1.02. The zero-order valence-electron chi connectivity index (χ0n) is 6.04. The van der Waals surface area contributed by atoms with E-state index in [9.17, 15) is 0 Å². The lowest BCUT2D eigenvalue weighted by Gasteiger charge is -1.91. The summed E-state index contributed by atoms with van der Waals surface area (Å²) in [4.78, 5) is 3.80. The predicted molar refractivity (Wildman–Crippen MR) is 42.9 cm³/mol. The van der Waals surface area contributed by atoms with Gasteiger partial charge >= 0.3 is 0 Å². The lowest BCUT2D eigenvalue weighted by molar-refractivity contribution is 0.945. The third kappa shape index (κ3) is 5.01. The molecule has 0 amide bonds. The molecule has 0 spiro atoms. The van der Waals surface area contributed by atoms with Gasteiger partial charge in [0.05, 0.1) is 0 Å². The molecule has 0 fully saturated rings. The maximum Gasteiger partial charge on any atom is 0.0277 e. The van der Waals surface area contributed by atoms with E-state index in [1.54, 1.807) is 13.3 Å². The van der Waals surface area contributed by atoms with Crippen molar-refractivity contribution in [2.75, 3.05) is 7.05 Å². The Hall–Kier alpha value is -0.850. The zero-order valence-corrected chi connectivity index (χ0v) is 6.04. The number of hydrogen-bond acceptors (Lipinski definition) is 1. The van der Waals surface area contributed by atoms with Gasteiger partial charge < -0.3 is 0 Å². The normalized spacial score (nSPS) is 14.9. The second-order valence-electron chi connectivity index (χ2n) is 1.89. The zero-order chi connectivity index (χ0) is 7.11. The fourth-order valence-electron chi connectivity index (χ4n) is 0.390. The van der Waals surface area contributed by atoms with Gasteiger partial charge in [0.25, 0.3) is 0 Å². The number of aliphatic imine (C=N–C) groups is 1. The van der Waals surface area contributed by atoms with E-state index in [0.29, 0.717) is 5.92 Å². The van der Waals surface area contributed by atoms with Crippen LogP contribution in [0.3, 0.4) is 0 Å². The average Bonchev–Trinajstić information content (AvgIpc) is 1.89. The van der Waals surface area contributed by atoms with Gasteiger partial charge in [-0.05, 0) is 12.0 Å². The molecule has 0 aliphatic rings. The van der Waals surface area contributed by atoms with Crippen LogP contribution in [0, 0.1) is 5.92 Å². The molecule has 0 aliphatic heterocycles. The highest BCUT2D eigenvalue weighted by molar-refractivity contribution is 5.70. The van der Waals surface area contributed by atoms with E-state index < -0.39 is 0 Å². The number of nitrogens with zero attached hydrogens (tertiary/aromatic N) is 1. The van der Waals surface area contributed by atoms with Crippen molar-refractivity contribution >= 4 is 6.21 Å². The number of rotatable bonds is 3. The molecule has 0 rings (SSSR count). The Kier molecular flexibility index (Phi) is 4.79. The van der Waals surface area contributed by atoms with Crippen molar-refractivity contribution in [1.29, 1.82) is 0 Å². The summed E-state index contributed by atoms with van der Waals surface area (Å²) in [6.45, 7) is 5.72. The molecule has 0 aromatic rings. The van der Waals surface area contributed by atoms with Gasteiger partial charge in [0, 0.05) is 13.3 Å². The van der Waals surface area contributed by atoms with Gasteiger partial charge in [0.2, 0.25) is 0 Å². The van der Waals surface area contributed by atoms with Crippen molar-refractivity contribution in [2.45, 2.75) is 6.92 Å². The highest BCUT2D eigenvalue weighted by Gasteiger charge is 1.82. The first kappa shape index (κ1) is 8.15. The average molecular weight is 123 g/mol. The Balaban J connectivity index is 3.55. The van der Waals surface area contributed by atoms with Gasteiger partial charge in [0.15, 0.2) is 0 Å². The summed E-state index contributed by atoms with van der Waals surface area (Å²) < 4.78 is 0. The summed E-state index contributed by atoms with van der Waals surface area (Å²) in [7, 11) is 1.75. The molecule has 0 aromatic heterocycles. The van der Waals surface area contributed by atoms with Crippen LogP contribution in [0.25, 0.3) is 0 Å². The molecule has 1 atom stereocenters. The SMILES string of the molecule is C=CC(C)/C=C\C=NC. The van der Waals surface area contributed by atoms with Crippen molar-refractivity contribution in [3.8, 4) is 0 Å². The fraction of sp³-hybridized carbons (Fsp3) is 0.375. The molecule has 0 bridgehead atoms. The summed E-state index contributed by atoms with van der Waals surface area (Å²) >= 11 is 0. The minimum Gasteiger partial charge on any atom is -0.297 e. The number of hydrogen-bond donors (Lipinski definition) is 0. The van der Waals surface area contributed by atoms with Crippen LogP contribution in [0.15, 0.2) is 29.8 Å². The Morgan fingerprint density at radius 1 is 1.56 bits per heavy atom. The molecule has 0 aliphatic carbocycles. The largest absolute Gasteiger partial charge is 0.297 e. The molecule has 0 aromatic carbocycles. The van der Waals surface area contributed by atoms with Crippen LogP contribution in [0.5, 0.6) is 0 Å². The third-order valence-corrected chi connectivity index (χ3v) is 1.02. The molecule has 1 unspecified atom stereocenters. The fourth-order valence-corrected chi connectivity index (χ4v) is 0.390. The van der Waals surface area contributed by atoms with Gasteiger partial charge in [0.1, 0.15) is 0 Å². The summed E-state index contributed by atoms with van der Waals surface area (Å²) in [6, 6.07) is 0. The van der Waals surface area contributed by atoms with E-state index in [0.717, 1.165) is 0 Å². The van der Waals surface area contributed by atoms with E-state index in [1.807, 2.05) is 18.2 Å². The molecule has 0 radical (unpaired) electrons. The maximum absolute atomic E-state index is 3.80. The Labute approximate surface area is 56.8 Å².